The van der Waals surface area contributed by atoms with Gasteiger partial charge in [0.05, 0.1) is 6.61 Å². The van der Waals surface area contributed by atoms with E-state index < -0.39 is 0 Å². The molecule has 0 amide bonds. The average Bonchev–Trinajstić information content (AvgIpc) is 2.33. The van der Waals surface area contributed by atoms with Crippen molar-refractivity contribution in [3.63, 3.8) is 0 Å². The maximum Gasteiger partial charge on any atom is 0.165 e. The lowest BCUT2D eigenvalue weighted by Crippen LogP contribution is -2.35. The van der Waals surface area contributed by atoms with Gasteiger partial charge in [0, 0.05) is 30.2 Å². The molecular weight excluding hydrogens is 245 g/mol. The van der Waals surface area contributed by atoms with Crippen molar-refractivity contribution in [2.45, 2.75) is 39.8 Å². The van der Waals surface area contributed by atoms with Crippen molar-refractivity contribution in [2.24, 2.45) is 5.92 Å². The zero-order valence-electron chi connectivity index (χ0n) is 12.2. The normalized spacial score (nSPS) is 13.4. The number of rotatable bonds is 6. The molecule has 0 radical (unpaired) electrons. The van der Waals surface area contributed by atoms with E-state index in [1.165, 1.54) is 6.07 Å². The second kappa shape index (κ2) is 6.87. The molecule has 108 valence electrons. The lowest BCUT2D eigenvalue weighted by atomic mass is 10.1. The fraction of sp³-hybridized carbons (Fsp3) is 0.600. The average molecular weight is 269 g/mol. The Hall–Kier alpha value is -1.13. The number of benzene rings is 1. The highest BCUT2D eigenvalue weighted by molar-refractivity contribution is 5.35. The summed E-state index contributed by atoms with van der Waals surface area (Å²) in [5, 5.41) is 12.3. The molecule has 0 saturated heterocycles. The van der Waals surface area contributed by atoms with Crippen molar-refractivity contribution >= 4 is 0 Å². The molecule has 0 saturated carbocycles. The van der Waals surface area contributed by atoms with Gasteiger partial charge in [0.25, 0.3) is 0 Å². The molecule has 0 spiro atoms. The zero-order valence-corrected chi connectivity index (χ0v) is 12.2. The Morgan fingerprint density at radius 2 is 2.05 bits per heavy atom. The first kappa shape index (κ1) is 15.9. The number of para-hydroxylation sites is 1. The summed E-state index contributed by atoms with van der Waals surface area (Å²) in [5.74, 6) is -0.0964. The van der Waals surface area contributed by atoms with E-state index in [1.807, 2.05) is 13.0 Å². The first-order chi connectivity index (χ1) is 8.83. The standard InChI is InChI=1S/C15H24FNO2/c1-11(9-18)10-19-14-12(6-5-7-13(14)16)8-17-15(2,3)4/h5-7,11,17-18H,8-10H2,1-4H3. The fourth-order valence-corrected chi connectivity index (χ4v) is 1.49. The van der Waals surface area contributed by atoms with Gasteiger partial charge >= 0.3 is 0 Å². The van der Waals surface area contributed by atoms with E-state index in [0.29, 0.717) is 13.2 Å². The Labute approximate surface area is 114 Å². The molecule has 1 atom stereocenters. The number of ether oxygens (including phenoxy) is 1. The number of aliphatic hydroxyl groups is 1. The van der Waals surface area contributed by atoms with Gasteiger partial charge in [-0.05, 0) is 26.8 Å². The summed E-state index contributed by atoms with van der Waals surface area (Å²) >= 11 is 0. The Bertz CT molecular complexity index is 402. The molecule has 1 unspecified atom stereocenters. The molecule has 19 heavy (non-hydrogen) atoms. The molecule has 0 heterocycles. The molecule has 0 fully saturated rings. The van der Waals surface area contributed by atoms with Gasteiger partial charge in [0.1, 0.15) is 0 Å². The molecule has 1 aromatic rings. The minimum atomic E-state index is -0.363. The smallest absolute Gasteiger partial charge is 0.165 e. The predicted octanol–water partition coefficient (Wildman–Crippen LogP) is 2.72. The van der Waals surface area contributed by atoms with Crippen LogP contribution in [-0.4, -0.2) is 23.9 Å². The van der Waals surface area contributed by atoms with Crippen molar-refractivity contribution in [1.82, 2.24) is 5.32 Å². The lowest BCUT2D eigenvalue weighted by Gasteiger charge is -2.22. The zero-order chi connectivity index (χ0) is 14.5. The Morgan fingerprint density at radius 1 is 1.37 bits per heavy atom. The lowest BCUT2D eigenvalue weighted by molar-refractivity contribution is 0.169. The summed E-state index contributed by atoms with van der Waals surface area (Å²) in [6, 6.07) is 4.91. The second-order valence-electron chi connectivity index (χ2n) is 5.93. The molecule has 0 bridgehead atoms. The fourth-order valence-electron chi connectivity index (χ4n) is 1.49. The van der Waals surface area contributed by atoms with Gasteiger partial charge in [0.2, 0.25) is 0 Å². The number of halogens is 1. The molecule has 2 N–H and O–H groups in total. The summed E-state index contributed by atoms with van der Waals surface area (Å²) in [7, 11) is 0. The third-order valence-electron chi connectivity index (χ3n) is 2.68. The molecule has 0 aliphatic carbocycles. The Balaban J connectivity index is 2.77. The maximum atomic E-state index is 13.8. The summed E-state index contributed by atoms with van der Waals surface area (Å²) in [6.45, 7) is 8.91. The van der Waals surface area contributed by atoms with Crippen LogP contribution in [0.4, 0.5) is 4.39 Å². The van der Waals surface area contributed by atoms with Crippen LogP contribution < -0.4 is 10.1 Å². The highest BCUT2D eigenvalue weighted by Gasteiger charge is 2.14. The van der Waals surface area contributed by atoms with E-state index in [-0.39, 0.29) is 29.6 Å². The van der Waals surface area contributed by atoms with Gasteiger partial charge in [-0.2, -0.15) is 0 Å². The van der Waals surface area contributed by atoms with Crippen LogP contribution in [0.5, 0.6) is 5.75 Å². The van der Waals surface area contributed by atoms with Crippen LogP contribution in [0.25, 0.3) is 0 Å². The van der Waals surface area contributed by atoms with Gasteiger partial charge in [-0.1, -0.05) is 19.1 Å². The van der Waals surface area contributed by atoms with Gasteiger partial charge < -0.3 is 15.2 Å². The highest BCUT2D eigenvalue weighted by atomic mass is 19.1. The van der Waals surface area contributed by atoms with E-state index in [0.717, 1.165) is 5.56 Å². The number of aliphatic hydroxyl groups excluding tert-OH is 1. The highest BCUT2D eigenvalue weighted by Crippen LogP contribution is 2.23. The number of nitrogens with one attached hydrogen (secondary N) is 1. The second-order valence-corrected chi connectivity index (χ2v) is 5.93. The summed E-state index contributed by atoms with van der Waals surface area (Å²) in [4.78, 5) is 0. The van der Waals surface area contributed by atoms with Crippen molar-refractivity contribution < 1.29 is 14.2 Å². The molecule has 0 aromatic heterocycles. The summed E-state index contributed by atoms with van der Waals surface area (Å²) in [5.41, 5.74) is 0.752. The van der Waals surface area contributed by atoms with Gasteiger partial charge in [-0.25, -0.2) is 4.39 Å². The van der Waals surface area contributed by atoms with Crippen LogP contribution in [0.2, 0.25) is 0 Å². The molecular formula is C15H24FNO2. The first-order valence-corrected chi connectivity index (χ1v) is 6.59. The van der Waals surface area contributed by atoms with Crippen LogP contribution in [-0.2, 0) is 6.54 Å². The van der Waals surface area contributed by atoms with Crippen LogP contribution in [0.15, 0.2) is 18.2 Å². The molecule has 1 aromatic carbocycles. The Morgan fingerprint density at radius 3 is 2.63 bits per heavy atom. The third kappa shape index (κ3) is 5.57. The van der Waals surface area contributed by atoms with Crippen molar-refractivity contribution in [3.8, 4) is 5.75 Å². The summed E-state index contributed by atoms with van der Waals surface area (Å²) in [6.07, 6.45) is 0. The topological polar surface area (TPSA) is 41.5 Å². The molecule has 1 rings (SSSR count). The quantitative estimate of drug-likeness (QED) is 0.834. The predicted molar refractivity (Wildman–Crippen MR) is 74.7 cm³/mol. The molecule has 0 aliphatic heterocycles. The monoisotopic (exact) mass is 269 g/mol. The van der Waals surface area contributed by atoms with Crippen LogP contribution in [0, 0.1) is 11.7 Å². The summed E-state index contributed by atoms with van der Waals surface area (Å²) < 4.78 is 19.3. The van der Waals surface area contributed by atoms with Crippen LogP contribution >= 0.6 is 0 Å². The maximum absolute atomic E-state index is 13.8. The molecule has 0 aliphatic rings. The van der Waals surface area contributed by atoms with E-state index in [2.05, 4.69) is 26.1 Å². The van der Waals surface area contributed by atoms with E-state index in [1.54, 1.807) is 6.07 Å². The van der Waals surface area contributed by atoms with E-state index in [9.17, 15) is 4.39 Å². The van der Waals surface area contributed by atoms with E-state index in [4.69, 9.17) is 9.84 Å². The number of hydrogen-bond donors (Lipinski definition) is 2. The first-order valence-electron chi connectivity index (χ1n) is 6.59. The van der Waals surface area contributed by atoms with Crippen molar-refractivity contribution in [1.29, 1.82) is 0 Å². The third-order valence-corrected chi connectivity index (χ3v) is 2.68. The van der Waals surface area contributed by atoms with E-state index >= 15 is 0 Å². The SMILES string of the molecule is CC(CO)COc1c(F)cccc1CNC(C)(C)C. The molecule has 4 heteroatoms. The largest absolute Gasteiger partial charge is 0.490 e. The molecule has 3 nitrogen and oxygen atoms in total. The van der Waals surface area contributed by atoms with Gasteiger partial charge in [-0.15, -0.1) is 0 Å². The number of hydrogen-bond acceptors (Lipinski definition) is 3. The van der Waals surface area contributed by atoms with Crippen LogP contribution in [0.3, 0.4) is 0 Å². The van der Waals surface area contributed by atoms with Crippen molar-refractivity contribution in [3.05, 3.63) is 29.6 Å². The van der Waals surface area contributed by atoms with Gasteiger partial charge in [-0.3, -0.25) is 0 Å². The Kier molecular flexibility index (Phi) is 5.76. The van der Waals surface area contributed by atoms with Crippen molar-refractivity contribution in [2.75, 3.05) is 13.2 Å². The van der Waals surface area contributed by atoms with Gasteiger partial charge in [0.15, 0.2) is 11.6 Å². The minimum absolute atomic E-state index is 0.0111. The van der Waals surface area contributed by atoms with Crippen LogP contribution in [0.1, 0.15) is 33.3 Å². The minimum Gasteiger partial charge on any atom is -0.490 e.